The molecule has 0 bridgehead atoms. The molecular weight excluding hydrogens is 488 g/mol. The first kappa shape index (κ1) is 24.9. The number of thioether (sulfide) groups is 1. The highest BCUT2D eigenvalue weighted by molar-refractivity contribution is 8.14. The zero-order valence-electron chi connectivity index (χ0n) is 20.5. The fraction of sp³-hybridized carbons (Fsp3) is 0.379. The summed E-state index contributed by atoms with van der Waals surface area (Å²) in [5.41, 5.74) is 2.33. The maximum atomic E-state index is 11.8. The van der Waals surface area contributed by atoms with E-state index in [0.29, 0.717) is 24.8 Å². The molecule has 1 unspecified atom stereocenters. The molecule has 5 nitrogen and oxygen atoms in total. The molecule has 1 saturated carbocycles. The molecular formula is C29H32N2O3S2. The van der Waals surface area contributed by atoms with Gasteiger partial charge in [0, 0.05) is 17.2 Å². The predicted octanol–water partition coefficient (Wildman–Crippen LogP) is 7.25. The summed E-state index contributed by atoms with van der Waals surface area (Å²) in [5, 5.41) is 12.7. The van der Waals surface area contributed by atoms with Gasteiger partial charge in [0.15, 0.2) is 5.17 Å². The average molecular weight is 521 g/mol. The van der Waals surface area contributed by atoms with Crippen molar-refractivity contribution in [2.75, 3.05) is 5.75 Å². The summed E-state index contributed by atoms with van der Waals surface area (Å²) in [4.78, 5) is 20.3. The van der Waals surface area contributed by atoms with Crippen LogP contribution in [0.15, 0.2) is 71.0 Å². The number of aromatic carboxylic acids is 1. The van der Waals surface area contributed by atoms with Crippen LogP contribution in [-0.4, -0.2) is 33.0 Å². The van der Waals surface area contributed by atoms with E-state index in [1.165, 1.54) is 23.3 Å². The first-order valence-electron chi connectivity index (χ1n) is 12.6. The van der Waals surface area contributed by atoms with Crippen molar-refractivity contribution in [3.63, 3.8) is 0 Å². The maximum Gasteiger partial charge on any atom is 0.336 e. The normalized spacial score (nSPS) is 21.7. The van der Waals surface area contributed by atoms with E-state index in [9.17, 15) is 9.90 Å². The number of ether oxygens (including phenoxy) is 1. The van der Waals surface area contributed by atoms with Crippen LogP contribution in [0, 0.1) is 5.92 Å². The molecule has 0 radical (unpaired) electrons. The molecule has 1 atom stereocenters. The summed E-state index contributed by atoms with van der Waals surface area (Å²) >= 11 is 3.45. The van der Waals surface area contributed by atoms with E-state index in [-0.39, 0.29) is 6.04 Å². The number of benzene rings is 2. The molecule has 2 heterocycles. The monoisotopic (exact) mass is 520 g/mol. The number of hydrogen-bond donors (Lipinski definition) is 1. The number of rotatable bonds is 8. The summed E-state index contributed by atoms with van der Waals surface area (Å²) in [6.07, 6.45) is 5.11. The van der Waals surface area contributed by atoms with E-state index in [1.54, 1.807) is 35.2 Å². The maximum absolute atomic E-state index is 11.8. The van der Waals surface area contributed by atoms with Crippen LogP contribution in [0.1, 0.15) is 65.0 Å². The molecule has 3 aromatic rings. The Kier molecular flexibility index (Phi) is 7.97. The molecule has 0 spiro atoms. The molecule has 1 aliphatic heterocycles. The minimum atomic E-state index is -0.898. The van der Waals surface area contributed by atoms with Gasteiger partial charge in [-0.1, -0.05) is 55.1 Å². The van der Waals surface area contributed by atoms with Crippen molar-refractivity contribution in [1.82, 2.24) is 4.90 Å². The second-order valence-corrected chi connectivity index (χ2v) is 11.7. The molecule has 1 fully saturated rings. The van der Waals surface area contributed by atoms with Crippen LogP contribution in [0.3, 0.4) is 0 Å². The smallest absolute Gasteiger partial charge is 0.336 e. The van der Waals surface area contributed by atoms with Crippen molar-refractivity contribution in [2.24, 2.45) is 10.9 Å². The van der Waals surface area contributed by atoms with Gasteiger partial charge in [-0.2, -0.15) is 0 Å². The van der Waals surface area contributed by atoms with Gasteiger partial charge in [-0.15, -0.1) is 11.3 Å². The van der Waals surface area contributed by atoms with Gasteiger partial charge in [-0.3, -0.25) is 4.99 Å². The first-order chi connectivity index (χ1) is 17.5. The predicted molar refractivity (Wildman–Crippen MR) is 148 cm³/mol. The van der Waals surface area contributed by atoms with Crippen LogP contribution in [0.25, 0.3) is 0 Å². The molecule has 36 heavy (non-hydrogen) atoms. The van der Waals surface area contributed by atoms with Crippen molar-refractivity contribution in [3.8, 4) is 5.75 Å². The Labute approximate surface area is 221 Å². The Morgan fingerprint density at radius 1 is 1.03 bits per heavy atom. The molecule has 0 amide bonds. The van der Waals surface area contributed by atoms with Gasteiger partial charge in [-0.05, 0) is 72.4 Å². The van der Waals surface area contributed by atoms with E-state index in [4.69, 9.17) is 9.73 Å². The largest absolute Gasteiger partial charge is 0.490 e. The van der Waals surface area contributed by atoms with E-state index in [1.807, 2.05) is 18.2 Å². The number of carbonyl (C=O) groups is 1. The Morgan fingerprint density at radius 2 is 1.81 bits per heavy atom. The first-order valence-corrected chi connectivity index (χ1v) is 14.5. The summed E-state index contributed by atoms with van der Waals surface area (Å²) in [6, 6.07) is 19.9. The molecule has 7 heteroatoms. The van der Waals surface area contributed by atoms with Crippen molar-refractivity contribution in [1.29, 1.82) is 0 Å². The van der Waals surface area contributed by atoms with Crippen LogP contribution in [0.4, 0.5) is 0 Å². The number of aliphatic imine (C=N–C) groups is 1. The highest BCUT2D eigenvalue weighted by Gasteiger charge is 2.26. The van der Waals surface area contributed by atoms with E-state index in [0.717, 1.165) is 41.0 Å². The standard InChI is InChI=1S/C29H32N2O3S2/c1-20-8-12-23(13-9-20)34-24-14-10-21(11-15-24)27-19-36-29(30-27)31(18-25-6-4-16-35-25)17-22-5-2-3-7-26(22)28(32)33/h2-7,10-11,14-16,20,23,27H,8-9,12-13,17-19H2,1H3,(H,32,33). The topological polar surface area (TPSA) is 62.1 Å². The SMILES string of the molecule is CC1CCC(Oc2ccc(C3CSC(N(Cc4cccs4)Cc4ccccc4C(=O)O)=N3)cc2)CC1. The molecule has 188 valence electrons. The van der Waals surface area contributed by atoms with Crippen molar-refractivity contribution < 1.29 is 14.6 Å². The van der Waals surface area contributed by atoms with Gasteiger partial charge in [0.2, 0.25) is 0 Å². The molecule has 1 N–H and O–H groups in total. The molecule has 0 saturated heterocycles. The molecule has 2 aliphatic rings. The van der Waals surface area contributed by atoms with Crippen LogP contribution < -0.4 is 4.74 Å². The van der Waals surface area contributed by atoms with Gasteiger partial charge >= 0.3 is 5.97 Å². The highest BCUT2D eigenvalue weighted by atomic mass is 32.2. The van der Waals surface area contributed by atoms with Crippen LogP contribution in [0.2, 0.25) is 0 Å². The van der Waals surface area contributed by atoms with Crippen molar-refractivity contribution in [2.45, 2.75) is 57.8 Å². The Hall–Kier alpha value is -2.77. The lowest BCUT2D eigenvalue weighted by molar-refractivity contribution is 0.0695. The number of thiophene rings is 1. The molecule has 5 rings (SSSR count). The lowest BCUT2D eigenvalue weighted by Crippen LogP contribution is -2.27. The second-order valence-electron chi connectivity index (χ2n) is 9.70. The van der Waals surface area contributed by atoms with Crippen LogP contribution in [-0.2, 0) is 13.1 Å². The van der Waals surface area contributed by atoms with Gasteiger partial charge < -0.3 is 14.7 Å². The molecule has 1 aromatic heterocycles. The quantitative estimate of drug-likeness (QED) is 0.339. The minimum Gasteiger partial charge on any atom is -0.490 e. The van der Waals surface area contributed by atoms with Crippen LogP contribution in [0.5, 0.6) is 5.75 Å². The summed E-state index contributed by atoms with van der Waals surface area (Å²) in [6.45, 7) is 3.54. The Morgan fingerprint density at radius 3 is 2.53 bits per heavy atom. The lowest BCUT2D eigenvalue weighted by Gasteiger charge is -2.27. The Balaban J connectivity index is 1.30. The van der Waals surface area contributed by atoms with E-state index in [2.05, 4.69) is 47.5 Å². The second kappa shape index (κ2) is 11.5. The third-order valence-corrected chi connectivity index (χ3v) is 8.94. The number of nitrogens with zero attached hydrogens (tertiary/aromatic N) is 2. The van der Waals surface area contributed by atoms with Crippen molar-refractivity contribution in [3.05, 3.63) is 87.6 Å². The average Bonchev–Trinajstić information content (AvgIpc) is 3.58. The van der Waals surface area contributed by atoms with Gasteiger partial charge in [0.05, 0.1) is 24.3 Å². The number of carboxylic acids is 1. The van der Waals surface area contributed by atoms with E-state index < -0.39 is 5.97 Å². The number of hydrogen-bond acceptors (Lipinski definition) is 6. The van der Waals surface area contributed by atoms with Crippen LogP contribution >= 0.6 is 23.1 Å². The summed E-state index contributed by atoms with van der Waals surface area (Å²) < 4.78 is 6.24. The molecule has 2 aromatic carbocycles. The third kappa shape index (κ3) is 6.13. The Bertz CT molecular complexity index is 1190. The van der Waals surface area contributed by atoms with Gasteiger partial charge in [0.1, 0.15) is 5.75 Å². The molecule has 1 aliphatic carbocycles. The summed E-state index contributed by atoms with van der Waals surface area (Å²) in [5.74, 6) is 1.73. The fourth-order valence-corrected chi connectivity index (χ4v) is 6.67. The fourth-order valence-electron chi connectivity index (χ4n) is 4.87. The van der Waals surface area contributed by atoms with Crippen molar-refractivity contribution >= 4 is 34.2 Å². The van der Waals surface area contributed by atoms with Gasteiger partial charge in [0.25, 0.3) is 0 Å². The zero-order valence-corrected chi connectivity index (χ0v) is 22.1. The minimum absolute atomic E-state index is 0.0788. The number of amidine groups is 1. The lowest BCUT2D eigenvalue weighted by atomic mass is 9.89. The third-order valence-electron chi connectivity index (χ3n) is 6.97. The number of carboxylic acid groups (broad SMARTS) is 1. The highest BCUT2D eigenvalue weighted by Crippen LogP contribution is 2.35. The summed E-state index contributed by atoms with van der Waals surface area (Å²) in [7, 11) is 0. The zero-order chi connectivity index (χ0) is 24.9. The van der Waals surface area contributed by atoms with E-state index >= 15 is 0 Å². The van der Waals surface area contributed by atoms with Gasteiger partial charge in [-0.25, -0.2) is 4.79 Å².